The van der Waals surface area contributed by atoms with Gasteiger partial charge in [-0.25, -0.2) is 9.97 Å². The molecule has 9 aromatic carbocycles. The summed E-state index contributed by atoms with van der Waals surface area (Å²) in [6.45, 7) is 9.40. The van der Waals surface area contributed by atoms with Gasteiger partial charge in [0.2, 0.25) is 0 Å². The molecule has 0 unspecified atom stereocenters. The highest BCUT2D eigenvalue weighted by Gasteiger charge is 2.37. The van der Waals surface area contributed by atoms with Crippen LogP contribution in [-0.4, -0.2) is 19.1 Å². The largest absolute Gasteiger partial charge is 0.316 e. The summed E-state index contributed by atoms with van der Waals surface area (Å²) in [6.07, 6.45) is 2.22. The average Bonchev–Trinajstić information content (AvgIpc) is 4.09. The lowest BCUT2D eigenvalue weighted by Gasteiger charge is -2.22. The summed E-state index contributed by atoms with van der Waals surface area (Å²) >= 11 is 0. The average molecular weight is 871 g/mol. The Bertz CT molecular complexity index is 4070. The maximum absolute atomic E-state index is 5.48. The van der Waals surface area contributed by atoms with E-state index in [1.54, 1.807) is 0 Å². The molecule has 2 aliphatic rings. The van der Waals surface area contributed by atoms with Crippen LogP contribution in [0, 0.1) is 0 Å². The van der Waals surface area contributed by atoms with Gasteiger partial charge in [-0.15, -0.1) is 0 Å². The molecule has 0 saturated heterocycles. The third kappa shape index (κ3) is 5.49. The van der Waals surface area contributed by atoms with Crippen molar-refractivity contribution in [1.82, 2.24) is 19.1 Å². The molecule has 0 fully saturated rings. The van der Waals surface area contributed by atoms with Crippen LogP contribution < -0.4 is 0 Å². The van der Waals surface area contributed by atoms with E-state index in [9.17, 15) is 0 Å². The summed E-state index contributed by atoms with van der Waals surface area (Å²) < 4.78 is 4.82. The Morgan fingerprint density at radius 3 is 1.72 bits per heavy atom. The zero-order valence-corrected chi connectivity index (χ0v) is 38.4. The zero-order chi connectivity index (χ0) is 45.5. The van der Waals surface area contributed by atoms with Crippen molar-refractivity contribution in [2.45, 2.75) is 38.5 Å². The Morgan fingerprint density at radius 1 is 0.368 bits per heavy atom. The van der Waals surface area contributed by atoms with Crippen molar-refractivity contribution in [1.29, 1.82) is 0 Å². The van der Waals surface area contributed by atoms with Gasteiger partial charge in [-0.05, 0) is 122 Å². The van der Waals surface area contributed by atoms with E-state index in [2.05, 4.69) is 243 Å². The monoisotopic (exact) mass is 870 g/mol. The minimum Gasteiger partial charge on any atom is -0.316 e. The van der Waals surface area contributed by atoms with Gasteiger partial charge in [-0.1, -0.05) is 161 Å². The van der Waals surface area contributed by atoms with Crippen molar-refractivity contribution in [2.75, 3.05) is 0 Å². The van der Waals surface area contributed by atoms with Gasteiger partial charge >= 0.3 is 0 Å². The summed E-state index contributed by atoms with van der Waals surface area (Å²) in [7, 11) is 0. The van der Waals surface area contributed by atoms with Gasteiger partial charge in [-0.3, -0.25) is 0 Å². The summed E-state index contributed by atoms with van der Waals surface area (Å²) in [4.78, 5) is 10.8. The lowest BCUT2D eigenvalue weighted by molar-refractivity contribution is 0.660. The number of nitrogens with zero attached hydrogens (tertiary/aromatic N) is 4. The van der Waals surface area contributed by atoms with Crippen LogP contribution in [0.4, 0.5) is 0 Å². The molecule has 12 aromatic rings. The van der Waals surface area contributed by atoms with Crippen molar-refractivity contribution in [3.8, 4) is 67.4 Å². The fraction of sp³-hybridized carbons (Fsp3) is 0.0938. The fourth-order valence-electron chi connectivity index (χ4n) is 11.9. The van der Waals surface area contributed by atoms with Gasteiger partial charge in [-0.2, -0.15) is 0 Å². The lowest BCUT2D eigenvalue weighted by Crippen LogP contribution is -2.15. The number of aromatic nitrogens is 4. The maximum atomic E-state index is 5.48. The van der Waals surface area contributed by atoms with Crippen LogP contribution in [0.5, 0.6) is 0 Å². The van der Waals surface area contributed by atoms with Gasteiger partial charge in [0.25, 0.3) is 0 Å². The fourth-order valence-corrected chi connectivity index (χ4v) is 11.9. The standard InChI is InChI=1S/C64H46N4/c1-63(2)53-19-11-8-16-45(53)47-29-24-41(37-55(47)63)60-50-18-10-13-21-57(50)65-62(66-60)42-25-32-59-52(36-42)49-31-33-58-51(34-35-67(58)43-26-22-40(23-27-43)39-14-6-5-7-15-39)61(49)68(59)44-28-30-48-46-17-9-12-20-54(46)64(3,4)56(48)38-44/h5-38H,1-4H3. The van der Waals surface area contributed by atoms with Gasteiger partial charge in [0.05, 0.1) is 27.8 Å². The minimum absolute atomic E-state index is 0.120. The van der Waals surface area contributed by atoms with Crippen LogP contribution in [-0.2, 0) is 10.8 Å². The van der Waals surface area contributed by atoms with Crippen molar-refractivity contribution in [2.24, 2.45) is 0 Å². The molecular formula is C64H46N4. The second-order valence-electron chi connectivity index (χ2n) is 19.8. The molecule has 14 rings (SSSR count). The summed E-state index contributed by atoms with van der Waals surface area (Å²) in [5.41, 5.74) is 22.6. The highest BCUT2D eigenvalue weighted by molar-refractivity contribution is 6.19. The highest BCUT2D eigenvalue weighted by Crippen LogP contribution is 2.51. The molecule has 2 aliphatic carbocycles. The van der Waals surface area contributed by atoms with Crippen LogP contribution in [0.25, 0.3) is 111 Å². The van der Waals surface area contributed by atoms with Crippen LogP contribution in [0.15, 0.2) is 206 Å². The van der Waals surface area contributed by atoms with E-state index in [-0.39, 0.29) is 10.8 Å². The Labute approximate surface area is 395 Å². The van der Waals surface area contributed by atoms with E-state index in [0.717, 1.165) is 55.5 Å². The second-order valence-corrected chi connectivity index (χ2v) is 19.8. The third-order valence-corrected chi connectivity index (χ3v) is 15.4. The quantitative estimate of drug-likeness (QED) is 0.173. The van der Waals surface area contributed by atoms with Gasteiger partial charge in [0.1, 0.15) is 0 Å². The zero-order valence-electron chi connectivity index (χ0n) is 38.4. The van der Waals surface area contributed by atoms with Crippen molar-refractivity contribution >= 4 is 43.6 Å². The molecule has 0 aliphatic heterocycles. The first kappa shape index (κ1) is 38.9. The molecule has 0 bridgehead atoms. The molecule has 3 heterocycles. The molecule has 0 atom stereocenters. The predicted molar refractivity (Wildman–Crippen MR) is 282 cm³/mol. The first-order chi connectivity index (χ1) is 33.2. The van der Waals surface area contributed by atoms with Crippen LogP contribution in [0.1, 0.15) is 49.9 Å². The normalized spacial score (nSPS) is 14.1. The highest BCUT2D eigenvalue weighted by atomic mass is 15.0. The third-order valence-electron chi connectivity index (χ3n) is 15.4. The minimum atomic E-state index is -0.137. The van der Waals surface area contributed by atoms with Crippen LogP contribution in [0.2, 0.25) is 0 Å². The first-order valence-electron chi connectivity index (χ1n) is 23.7. The second kappa shape index (κ2) is 14.1. The Balaban J connectivity index is 0.962. The number of rotatable bonds is 5. The SMILES string of the molecule is CC1(C)c2ccccc2-c2ccc(-c3nc(-c4ccc5c(c4)c4ccc6c(ccn6-c6ccc(-c7ccccc7)cc6)c4n5-c4ccc5c(c4)C(C)(C)c4ccccc4-5)nc4ccccc34)cc21. The van der Waals surface area contributed by atoms with Crippen LogP contribution >= 0.6 is 0 Å². The molecule has 4 nitrogen and oxygen atoms in total. The maximum Gasteiger partial charge on any atom is 0.160 e. The first-order valence-corrected chi connectivity index (χ1v) is 23.7. The molecule has 322 valence electrons. The molecule has 0 radical (unpaired) electrons. The smallest absolute Gasteiger partial charge is 0.160 e. The van der Waals surface area contributed by atoms with Gasteiger partial charge in [0, 0.05) is 61.1 Å². The van der Waals surface area contributed by atoms with Crippen LogP contribution in [0.3, 0.4) is 0 Å². The van der Waals surface area contributed by atoms with E-state index in [1.807, 2.05) is 0 Å². The van der Waals surface area contributed by atoms with E-state index in [0.29, 0.717) is 5.82 Å². The summed E-state index contributed by atoms with van der Waals surface area (Å²) in [6, 6.07) is 73.4. The van der Waals surface area contributed by atoms with E-state index >= 15 is 0 Å². The van der Waals surface area contributed by atoms with Crippen molar-refractivity contribution < 1.29 is 0 Å². The van der Waals surface area contributed by atoms with E-state index in [4.69, 9.17) is 9.97 Å². The number of fused-ring (bicyclic) bond motifs is 12. The Hall–Kier alpha value is -8.34. The number of para-hydroxylation sites is 1. The number of benzene rings is 9. The number of hydrogen-bond donors (Lipinski definition) is 0. The molecular weight excluding hydrogens is 825 g/mol. The molecule has 0 saturated carbocycles. The molecule has 3 aromatic heterocycles. The number of hydrogen-bond acceptors (Lipinski definition) is 2. The van der Waals surface area contributed by atoms with Crippen molar-refractivity contribution in [3.63, 3.8) is 0 Å². The van der Waals surface area contributed by atoms with Crippen molar-refractivity contribution in [3.05, 3.63) is 229 Å². The van der Waals surface area contributed by atoms with E-state index < -0.39 is 0 Å². The molecule has 0 N–H and O–H groups in total. The molecule has 0 spiro atoms. The van der Waals surface area contributed by atoms with E-state index in [1.165, 1.54) is 71.9 Å². The molecule has 4 heteroatoms. The summed E-state index contributed by atoms with van der Waals surface area (Å²) in [5.74, 6) is 0.716. The topological polar surface area (TPSA) is 35.6 Å². The molecule has 68 heavy (non-hydrogen) atoms. The Morgan fingerprint density at radius 2 is 0.956 bits per heavy atom. The Kier molecular flexibility index (Phi) is 8.06. The molecule has 0 amide bonds. The lowest BCUT2D eigenvalue weighted by atomic mass is 9.82. The van der Waals surface area contributed by atoms with Gasteiger partial charge < -0.3 is 9.13 Å². The predicted octanol–water partition coefficient (Wildman–Crippen LogP) is 16.3. The van der Waals surface area contributed by atoms with Gasteiger partial charge in [0.15, 0.2) is 5.82 Å². The summed E-state index contributed by atoms with van der Waals surface area (Å²) in [5, 5.41) is 4.60.